The molecule has 0 fully saturated rings. The van der Waals surface area contributed by atoms with Gasteiger partial charge in [0.2, 0.25) is 15.9 Å². The van der Waals surface area contributed by atoms with Crippen molar-refractivity contribution in [3.05, 3.63) is 126 Å². The number of nitrogens with zero attached hydrogens (tertiary/aromatic N) is 2. The largest absolute Gasteiger partial charge is 0.399 e. The lowest BCUT2D eigenvalue weighted by Gasteiger charge is -2.31. The first kappa shape index (κ1) is 36.3. The predicted molar refractivity (Wildman–Crippen MR) is 188 cm³/mol. The van der Waals surface area contributed by atoms with Crippen molar-refractivity contribution in [3.63, 3.8) is 0 Å². The second kappa shape index (κ2) is 17.5. The molecule has 0 saturated heterocycles. The van der Waals surface area contributed by atoms with Gasteiger partial charge in [-0.2, -0.15) is 4.31 Å². The van der Waals surface area contributed by atoms with Gasteiger partial charge in [0.25, 0.3) is 5.91 Å². The highest BCUT2D eigenvalue weighted by Gasteiger charge is 2.34. The van der Waals surface area contributed by atoms with E-state index >= 15 is 0 Å². The summed E-state index contributed by atoms with van der Waals surface area (Å²) in [5.74, 6) is -1.28. The molecule has 1 aromatic heterocycles. The molecule has 3 aromatic carbocycles. The quantitative estimate of drug-likeness (QED) is 0.0946. The number of nitrogens with two attached hydrogens (primary N) is 1. The minimum Gasteiger partial charge on any atom is -0.399 e. The highest BCUT2D eigenvalue weighted by Crippen LogP contribution is 2.29. The summed E-state index contributed by atoms with van der Waals surface area (Å²) >= 11 is 0. The Morgan fingerprint density at radius 3 is 2.00 bits per heavy atom. The maximum absolute atomic E-state index is 13.9. The molecule has 0 bridgehead atoms. The molecule has 0 aliphatic carbocycles. The fourth-order valence-corrected chi connectivity index (χ4v) is 7.45. The second-order valence-electron chi connectivity index (χ2n) is 12.1. The average Bonchev–Trinajstić information content (AvgIpc) is 3.10. The van der Waals surface area contributed by atoms with Crippen molar-refractivity contribution in [2.24, 2.45) is 5.92 Å². The first-order valence-electron chi connectivity index (χ1n) is 16.2. The molecule has 2 amide bonds. The standard InChI is InChI=1S/C37H45N5O5S/c1-27(2)25-42(48(46,47)32-21-19-30(38)20-22-32)31(26-43)17-9-11-24-40-37(45)35(41-36(44)33-18-10-12-23-39-33)34(28-13-5-3-6-14-28)29-15-7-4-8-16-29/h3-8,10,12-16,18-23,27,31,34-35,43H,9,11,17,24-26,38H2,1-2H3,(H,40,45)(H,41,44)/t31-,35-/m0/s1. The summed E-state index contributed by atoms with van der Waals surface area (Å²) < 4.78 is 28.6. The van der Waals surface area contributed by atoms with Crippen molar-refractivity contribution >= 4 is 27.5 Å². The van der Waals surface area contributed by atoms with Gasteiger partial charge in [0.1, 0.15) is 11.7 Å². The van der Waals surface area contributed by atoms with Gasteiger partial charge in [0.15, 0.2) is 0 Å². The van der Waals surface area contributed by atoms with E-state index in [2.05, 4.69) is 15.6 Å². The van der Waals surface area contributed by atoms with Crippen molar-refractivity contribution in [2.45, 2.75) is 56.0 Å². The lowest BCUT2D eigenvalue weighted by Crippen LogP contribution is -2.50. The van der Waals surface area contributed by atoms with Crippen molar-refractivity contribution in [2.75, 3.05) is 25.4 Å². The molecule has 0 unspecified atom stereocenters. The first-order chi connectivity index (χ1) is 23.1. The normalized spacial score (nSPS) is 13.0. The summed E-state index contributed by atoms with van der Waals surface area (Å²) in [6.07, 6.45) is 2.99. The van der Waals surface area contributed by atoms with E-state index in [0.717, 1.165) is 11.1 Å². The van der Waals surface area contributed by atoms with Gasteiger partial charge in [-0.05, 0) is 66.3 Å². The molecular weight excluding hydrogens is 627 g/mol. The average molecular weight is 672 g/mol. The molecular formula is C37H45N5O5S. The van der Waals surface area contributed by atoms with Gasteiger partial charge in [0, 0.05) is 36.9 Å². The van der Waals surface area contributed by atoms with Crippen LogP contribution in [0.15, 0.2) is 114 Å². The van der Waals surface area contributed by atoms with Crippen LogP contribution in [0.2, 0.25) is 0 Å². The third-order valence-corrected chi connectivity index (χ3v) is 9.96. The topological polar surface area (TPSA) is 155 Å². The van der Waals surface area contributed by atoms with Crippen molar-refractivity contribution in [3.8, 4) is 0 Å². The zero-order chi connectivity index (χ0) is 34.5. The maximum atomic E-state index is 13.9. The SMILES string of the molecule is CC(C)CN([C@H](CO)CCCCNC(=O)[C@@H](NC(=O)c1ccccn1)C(c1ccccc1)c1ccccc1)S(=O)(=O)c1ccc(N)cc1. The molecule has 48 heavy (non-hydrogen) atoms. The van der Waals surface area contributed by atoms with Crippen molar-refractivity contribution < 1.29 is 23.1 Å². The van der Waals surface area contributed by atoms with Crippen LogP contribution in [-0.2, 0) is 14.8 Å². The second-order valence-corrected chi connectivity index (χ2v) is 14.0. The number of hydrogen-bond acceptors (Lipinski definition) is 7. The van der Waals surface area contributed by atoms with Gasteiger partial charge in [-0.1, -0.05) is 87.0 Å². The molecule has 4 rings (SSSR count). The third kappa shape index (κ3) is 9.72. The lowest BCUT2D eigenvalue weighted by atomic mass is 9.84. The Hall–Kier alpha value is -4.58. The molecule has 11 heteroatoms. The number of anilines is 1. The van der Waals surface area contributed by atoms with Crippen LogP contribution in [0.4, 0.5) is 5.69 Å². The number of amides is 2. The predicted octanol–water partition coefficient (Wildman–Crippen LogP) is 4.59. The van der Waals surface area contributed by atoms with Gasteiger partial charge in [-0.3, -0.25) is 14.6 Å². The van der Waals surface area contributed by atoms with Crippen molar-refractivity contribution in [1.82, 2.24) is 19.9 Å². The van der Waals surface area contributed by atoms with E-state index in [0.29, 0.717) is 24.9 Å². The molecule has 0 spiro atoms. The Bertz CT molecular complexity index is 1650. The van der Waals surface area contributed by atoms with Gasteiger partial charge < -0.3 is 21.5 Å². The number of aliphatic hydroxyl groups excluding tert-OH is 1. The van der Waals surface area contributed by atoms with Crippen LogP contribution < -0.4 is 16.4 Å². The van der Waals surface area contributed by atoms with Crippen LogP contribution in [0, 0.1) is 5.92 Å². The number of sulfonamides is 1. The molecule has 5 N–H and O–H groups in total. The van der Waals surface area contributed by atoms with E-state index in [1.165, 1.54) is 22.6 Å². The molecule has 10 nitrogen and oxygen atoms in total. The van der Waals surface area contributed by atoms with E-state index in [-0.39, 0.29) is 42.1 Å². The summed E-state index contributed by atoms with van der Waals surface area (Å²) in [6.45, 7) is 4.04. The van der Waals surface area contributed by atoms with Crippen LogP contribution in [0.3, 0.4) is 0 Å². The maximum Gasteiger partial charge on any atom is 0.270 e. The Morgan fingerprint density at radius 1 is 0.854 bits per heavy atom. The van der Waals surface area contributed by atoms with Gasteiger partial charge >= 0.3 is 0 Å². The number of nitrogen functional groups attached to an aromatic ring is 1. The number of unbranched alkanes of at least 4 members (excludes halogenated alkanes) is 1. The van der Waals surface area contributed by atoms with Crippen LogP contribution in [0.25, 0.3) is 0 Å². The highest BCUT2D eigenvalue weighted by molar-refractivity contribution is 7.89. The van der Waals surface area contributed by atoms with E-state index in [4.69, 9.17) is 5.73 Å². The van der Waals surface area contributed by atoms with Crippen LogP contribution in [0.1, 0.15) is 60.6 Å². The number of carbonyl (C=O) groups excluding carboxylic acids is 2. The molecule has 4 aromatic rings. The number of rotatable bonds is 17. The fraction of sp³-hybridized carbons (Fsp3) is 0.324. The van der Waals surface area contributed by atoms with Crippen LogP contribution >= 0.6 is 0 Å². The Morgan fingerprint density at radius 2 is 1.46 bits per heavy atom. The van der Waals surface area contributed by atoms with E-state index in [1.807, 2.05) is 74.5 Å². The molecule has 2 atom stereocenters. The van der Waals surface area contributed by atoms with E-state index in [1.54, 1.807) is 30.3 Å². The monoisotopic (exact) mass is 671 g/mol. The van der Waals surface area contributed by atoms with Crippen LogP contribution in [-0.4, -0.2) is 66.4 Å². The minimum atomic E-state index is -3.89. The Balaban J connectivity index is 1.48. The first-order valence-corrected chi connectivity index (χ1v) is 17.6. The highest BCUT2D eigenvalue weighted by atomic mass is 32.2. The van der Waals surface area contributed by atoms with Crippen molar-refractivity contribution in [1.29, 1.82) is 0 Å². The van der Waals surface area contributed by atoms with Gasteiger partial charge in [-0.25, -0.2) is 8.42 Å². The van der Waals surface area contributed by atoms with Gasteiger partial charge in [0.05, 0.1) is 11.5 Å². The summed E-state index contributed by atoms with van der Waals surface area (Å²) in [7, 11) is -3.89. The molecule has 0 aliphatic heterocycles. The summed E-state index contributed by atoms with van der Waals surface area (Å²) in [5, 5.41) is 16.2. The number of hydrogen-bond donors (Lipinski definition) is 4. The van der Waals surface area contributed by atoms with E-state index in [9.17, 15) is 23.1 Å². The molecule has 0 radical (unpaired) electrons. The number of aromatic nitrogens is 1. The number of nitrogens with one attached hydrogen (secondary N) is 2. The fourth-order valence-electron chi connectivity index (χ4n) is 5.64. The van der Waals surface area contributed by atoms with E-state index < -0.39 is 33.9 Å². The zero-order valence-corrected chi connectivity index (χ0v) is 28.2. The van der Waals surface area contributed by atoms with Gasteiger partial charge in [-0.15, -0.1) is 0 Å². The van der Waals surface area contributed by atoms with Crippen LogP contribution in [0.5, 0.6) is 0 Å². The number of benzene rings is 3. The smallest absolute Gasteiger partial charge is 0.270 e. The lowest BCUT2D eigenvalue weighted by molar-refractivity contribution is -0.123. The minimum absolute atomic E-state index is 0.0299. The summed E-state index contributed by atoms with van der Waals surface area (Å²) in [4.78, 5) is 31.5. The molecule has 254 valence electrons. The Labute approximate surface area is 283 Å². The molecule has 0 saturated carbocycles. The summed E-state index contributed by atoms with van der Waals surface area (Å²) in [5.41, 5.74) is 8.16. The summed E-state index contributed by atoms with van der Waals surface area (Å²) in [6, 6.07) is 28.6. The molecule has 0 aliphatic rings. The number of pyridine rings is 1. The number of aliphatic hydroxyl groups is 1. The molecule has 1 heterocycles. The number of carbonyl (C=O) groups is 2. The third-order valence-electron chi connectivity index (χ3n) is 8.03. The zero-order valence-electron chi connectivity index (χ0n) is 27.4. The Kier molecular flexibility index (Phi) is 13.2.